The Morgan fingerprint density at radius 2 is 1.83 bits per heavy atom. The lowest BCUT2D eigenvalue weighted by Crippen LogP contribution is -2.52. The standard InChI is InChI=1S/C22H28FN5O/c1-24-22(26(2)17-18-7-6-8-19(23)15-18)25-16-21(29)28-13-11-27(12-14-28)20-9-4-3-5-10-20/h3-10,15H,11-14,16-17H2,1-2H3,(H,24,25). The lowest BCUT2D eigenvalue weighted by atomic mass is 10.2. The summed E-state index contributed by atoms with van der Waals surface area (Å²) in [5.74, 6) is 0.396. The van der Waals surface area contributed by atoms with Crippen LogP contribution in [0, 0.1) is 5.82 Å². The van der Waals surface area contributed by atoms with Crippen LogP contribution in [0.2, 0.25) is 0 Å². The van der Waals surface area contributed by atoms with E-state index >= 15 is 0 Å². The number of piperazine rings is 1. The van der Waals surface area contributed by atoms with E-state index in [1.165, 1.54) is 17.8 Å². The van der Waals surface area contributed by atoms with Crippen LogP contribution in [0.15, 0.2) is 59.6 Å². The molecule has 0 aliphatic carbocycles. The van der Waals surface area contributed by atoms with Crippen molar-refractivity contribution in [1.29, 1.82) is 0 Å². The minimum Gasteiger partial charge on any atom is -0.368 e. The highest BCUT2D eigenvalue weighted by molar-refractivity contribution is 5.86. The maximum Gasteiger partial charge on any atom is 0.242 e. The maximum atomic E-state index is 13.4. The first-order valence-electron chi connectivity index (χ1n) is 9.81. The quantitative estimate of drug-likeness (QED) is 0.621. The first-order chi connectivity index (χ1) is 14.1. The normalized spacial score (nSPS) is 14.7. The van der Waals surface area contributed by atoms with Gasteiger partial charge in [0.1, 0.15) is 5.82 Å². The van der Waals surface area contributed by atoms with Crippen molar-refractivity contribution in [3.63, 3.8) is 0 Å². The molecule has 7 heteroatoms. The van der Waals surface area contributed by atoms with Crippen LogP contribution in [-0.2, 0) is 11.3 Å². The van der Waals surface area contributed by atoms with Crippen LogP contribution in [-0.4, -0.2) is 68.5 Å². The largest absolute Gasteiger partial charge is 0.368 e. The molecule has 1 N–H and O–H groups in total. The molecule has 1 heterocycles. The van der Waals surface area contributed by atoms with Crippen molar-refractivity contribution in [2.75, 3.05) is 51.7 Å². The molecule has 0 atom stereocenters. The van der Waals surface area contributed by atoms with Gasteiger partial charge in [0.05, 0.1) is 6.54 Å². The Morgan fingerprint density at radius 3 is 2.48 bits per heavy atom. The fourth-order valence-corrected chi connectivity index (χ4v) is 3.49. The summed E-state index contributed by atoms with van der Waals surface area (Å²) in [4.78, 5) is 22.9. The summed E-state index contributed by atoms with van der Waals surface area (Å²) < 4.78 is 13.4. The maximum absolute atomic E-state index is 13.4. The van der Waals surface area contributed by atoms with Crippen LogP contribution >= 0.6 is 0 Å². The molecule has 1 aliphatic heterocycles. The lowest BCUT2D eigenvalue weighted by Gasteiger charge is -2.36. The second-order valence-corrected chi connectivity index (χ2v) is 7.09. The number of hydrogen-bond donors (Lipinski definition) is 1. The Labute approximate surface area is 171 Å². The highest BCUT2D eigenvalue weighted by Gasteiger charge is 2.21. The topological polar surface area (TPSA) is 51.2 Å². The third-order valence-electron chi connectivity index (χ3n) is 5.03. The second-order valence-electron chi connectivity index (χ2n) is 7.09. The summed E-state index contributed by atoms with van der Waals surface area (Å²) >= 11 is 0. The Morgan fingerprint density at radius 1 is 1.10 bits per heavy atom. The molecule has 0 radical (unpaired) electrons. The lowest BCUT2D eigenvalue weighted by molar-refractivity contribution is -0.130. The van der Waals surface area contributed by atoms with E-state index in [0.717, 1.165) is 18.7 Å². The molecule has 1 fully saturated rings. The minimum absolute atomic E-state index is 0.0537. The number of anilines is 1. The number of halogens is 1. The van der Waals surface area contributed by atoms with E-state index in [1.54, 1.807) is 13.1 Å². The molecule has 29 heavy (non-hydrogen) atoms. The molecule has 6 nitrogen and oxygen atoms in total. The number of guanidine groups is 1. The van der Waals surface area contributed by atoms with Gasteiger partial charge in [0.15, 0.2) is 5.96 Å². The monoisotopic (exact) mass is 397 g/mol. The van der Waals surface area contributed by atoms with Gasteiger partial charge in [-0.25, -0.2) is 4.39 Å². The van der Waals surface area contributed by atoms with E-state index in [-0.39, 0.29) is 18.3 Å². The van der Waals surface area contributed by atoms with Gasteiger partial charge in [-0.15, -0.1) is 0 Å². The molecule has 0 aromatic heterocycles. The zero-order valence-electron chi connectivity index (χ0n) is 17.0. The summed E-state index contributed by atoms with van der Waals surface area (Å²) in [5.41, 5.74) is 2.04. The SMILES string of the molecule is CN=C(NCC(=O)N1CCN(c2ccccc2)CC1)N(C)Cc1cccc(F)c1. The van der Waals surface area contributed by atoms with E-state index in [9.17, 15) is 9.18 Å². The van der Waals surface area contributed by atoms with Crippen LogP contribution in [0.25, 0.3) is 0 Å². The van der Waals surface area contributed by atoms with Crippen molar-refractivity contribution in [2.45, 2.75) is 6.54 Å². The molecule has 1 saturated heterocycles. The average Bonchev–Trinajstić information content (AvgIpc) is 2.75. The van der Waals surface area contributed by atoms with Crippen LogP contribution in [0.5, 0.6) is 0 Å². The zero-order valence-corrected chi connectivity index (χ0v) is 17.0. The highest BCUT2D eigenvalue weighted by atomic mass is 19.1. The van der Waals surface area contributed by atoms with Crippen LogP contribution in [0.4, 0.5) is 10.1 Å². The predicted octanol–water partition coefficient (Wildman–Crippen LogP) is 2.18. The van der Waals surface area contributed by atoms with Gasteiger partial charge in [-0.05, 0) is 29.8 Å². The van der Waals surface area contributed by atoms with E-state index < -0.39 is 0 Å². The Balaban J connectivity index is 1.46. The van der Waals surface area contributed by atoms with Gasteiger partial charge in [-0.1, -0.05) is 30.3 Å². The van der Waals surface area contributed by atoms with Crippen molar-refractivity contribution < 1.29 is 9.18 Å². The molecule has 2 aromatic carbocycles. The van der Waals surface area contributed by atoms with Gasteiger partial charge in [0.2, 0.25) is 5.91 Å². The molecular weight excluding hydrogens is 369 g/mol. The van der Waals surface area contributed by atoms with E-state index in [2.05, 4.69) is 27.3 Å². The number of rotatable bonds is 5. The molecular formula is C22H28FN5O. The number of amides is 1. The third kappa shape index (κ3) is 5.70. The van der Waals surface area contributed by atoms with Crippen molar-refractivity contribution in [2.24, 2.45) is 4.99 Å². The van der Waals surface area contributed by atoms with Crippen LogP contribution in [0.1, 0.15) is 5.56 Å². The Hall–Kier alpha value is -3.09. The Kier molecular flexibility index (Phi) is 7.05. The summed E-state index contributed by atoms with van der Waals surface area (Å²) in [6, 6.07) is 16.7. The molecule has 0 spiro atoms. The number of nitrogens with zero attached hydrogens (tertiary/aromatic N) is 4. The fourth-order valence-electron chi connectivity index (χ4n) is 3.49. The predicted molar refractivity (Wildman–Crippen MR) is 114 cm³/mol. The minimum atomic E-state index is -0.260. The van der Waals surface area contributed by atoms with Crippen molar-refractivity contribution in [3.8, 4) is 0 Å². The second kappa shape index (κ2) is 9.91. The first kappa shape index (κ1) is 20.6. The van der Waals surface area contributed by atoms with Crippen molar-refractivity contribution in [1.82, 2.24) is 15.1 Å². The summed E-state index contributed by atoms with van der Waals surface area (Å²) in [6.45, 7) is 3.74. The summed E-state index contributed by atoms with van der Waals surface area (Å²) in [5, 5.41) is 3.12. The number of para-hydroxylation sites is 1. The van der Waals surface area contributed by atoms with Gasteiger partial charge in [0.25, 0.3) is 0 Å². The van der Waals surface area contributed by atoms with Crippen molar-refractivity contribution >= 4 is 17.6 Å². The van der Waals surface area contributed by atoms with E-state index in [4.69, 9.17) is 0 Å². The number of hydrogen-bond acceptors (Lipinski definition) is 3. The van der Waals surface area contributed by atoms with E-state index in [0.29, 0.717) is 25.6 Å². The average molecular weight is 397 g/mol. The molecule has 0 unspecified atom stereocenters. The molecule has 1 aliphatic rings. The number of nitrogens with one attached hydrogen (secondary N) is 1. The van der Waals surface area contributed by atoms with Crippen molar-refractivity contribution in [3.05, 3.63) is 66.0 Å². The van der Waals surface area contributed by atoms with E-state index in [1.807, 2.05) is 41.1 Å². The number of carbonyl (C=O) groups is 1. The molecule has 3 rings (SSSR count). The number of benzene rings is 2. The molecule has 0 saturated carbocycles. The molecule has 154 valence electrons. The van der Waals surface area contributed by atoms with Gasteiger partial charge in [-0.3, -0.25) is 9.79 Å². The van der Waals surface area contributed by atoms with Gasteiger partial charge in [0, 0.05) is 52.5 Å². The van der Waals surface area contributed by atoms with Gasteiger partial charge < -0.3 is 20.0 Å². The molecule has 1 amide bonds. The third-order valence-corrected chi connectivity index (χ3v) is 5.03. The van der Waals surface area contributed by atoms with Crippen LogP contribution in [0.3, 0.4) is 0 Å². The first-order valence-corrected chi connectivity index (χ1v) is 9.81. The fraction of sp³-hybridized carbons (Fsp3) is 0.364. The smallest absolute Gasteiger partial charge is 0.242 e. The number of aliphatic imine (C=N–C) groups is 1. The molecule has 0 bridgehead atoms. The summed E-state index contributed by atoms with van der Waals surface area (Å²) in [6.07, 6.45) is 0. The van der Waals surface area contributed by atoms with Crippen LogP contribution < -0.4 is 10.2 Å². The van der Waals surface area contributed by atoms with Gasteiger partial charge in [-0.2, -0.15) is 0 Å². The highest BCUT2D eigenvalue weighted by Crippen LogP contribution is 2.15. The zero-order chi connectivity index (χ0) is 20.6. The Bertz CT molecular complexity index is 834. The summed E-state index contributed by atoms with van der Waals surface area (Å²) in [7, 11) is 3.54. The number of carbonyl (C=O) groups excluding carboxylic acids is 1. The van der Waals surface area contributed by atoms with Gasteiger partial charge >= 0.3 is 0 Å². The molecule has 2 aromatic rings.